The lowest BCUT2D eigenvalue weighted by molar-refractivity contribution is 0.0925. The molecule has 2 rings (SSSR count). The van der Waals surface area contributed by atoms with E-state index < -0.39 is 0 Å². The molecule has 20 heavy (non-hydrogen) atoms. The number of piperidine rings is 1. The van der Waals surface area contributed by atoms with Crippen LogP contribution in [0.15, 0.2) is 4.47 Å². The number of aromatic amines is 1. The number of aromatic nitrogens is 1. The zero-order chi connectivity index (χ0) is 15.1. The van der Waals surface area contributed by atoms with Gasteiger partial charge in [0.25, 0.3) is 5.91 Å². The highest BCUT2D eigenvalue weighted by Gasteiger charge is 2.21. The van der Waals surface area contributed by atoms with Gasteiger partial charge >= 0.3 is 0 Å². The topological polar surface area (TPSA) is 77.1 Å². The Morgan fingerprint density at radius 2 is 2.05 bits per heavy atom. The van der Waals surface area contributed by atoms with Crippen molar-refractivity contribution < 1.29 is 9.90 Å². The van der Waals surface area contributed by atoms with Crippen LogP contribution in [0.4, 0.5) is 0 Å². The molecule has 114 valence electrons. The van der Waals surface area contributed by atoms with Gasteiger partial charge in [-0.05, 0) is 55.7 Å². The van der Waals surface area contributed by atoms with Crippen LogP contribution in [-0.4, -0.2) is 41.7 Å². The van der Waals surface area contributed by atoms with Crippen LogP contribution in [0, 0.1) is 6.92 Å². The van der Waals surface area contributed by atoms with Crippen LogP contribution >= 0.6 is 27.5 Å². The standard InChI is InChI=1S/C11H15BrClN3O.C2H6O/c1-6-8(12)9(13)10(15-6)11(17)16-7-2-4-14-5-3-7;1-2-3/h7,14-15H,2-5H2,1H3,(H,16,17);3H,2H2,1H3. The molecule has 1 aliphatic heterocycles. The molecule has 2 heterocycles. The number of amides is 1. The van der Waals surface area contributed by atoms with Crippen LogP contribution < -0.4 is 10.6 Å². The van der Waals surface area contributed by atoms with E-state index in [0.717, 1.165) is 36.1 Å². The van der Waals surface area contributed by atoms with Crippen LogP contribution in [0.3, 0.4) is 0 Å². The summed E-state index contributed by atoms with van der Waals surface area (Å²) in [5.41, 5.74) is 1.31. The monoisotopic (exact) mass is 365 g/mol. The van der Waals surface area contributed by atoms with Gasteiger partial charge in [0.2, 0.25) is 0 Å². The van der Waals surface area contributed by atoms with Gasteiger partial charge in [-0.25, -0.2) is 0 Å². The first-order chi connectivity index (χ1) is 9.51. The number of H-pyrrole nitrogens is 1. The zero-order valence-corrected chi connectivity index (χ0v) is 14.1. The molecule has 0 atom stereocenters. The third-order valence-corrected chi connectivity index (χ3v) is 4.55. The Balaban J connectivity index is 0.000000612. The highest BCUT2D eigenvalue weighted by atomic mass is 79.9. The molecule has 1 fully saturated rings. The number of carbonyl (C=O) groups is 1. The number of aliphatic hydroxyl groups is 1. The van der Waals surface area contributed by atoms with Gasteiger partial charge in [-0.1, -0.05) is 11.6 Å². The Bertz CT molecular complexity index is 445. The lowest BCUT2D eigenvalue weighted by Gasteiger charge is -2.23. The predicted octanol–water partition coefficient (Wildman–Crippen LogP) is 2.22. The van der Waals surface area contributed by atoms with E-state index in [9.17, 15) is 4.79 Å². The minimum absolute atomic E-state index is 0.129. The van der Waals surface area contributed by atoms with Gasteiger partial charge < -0.3 is 20.7 Å². The third kappa shape index (κ3) is 4.77. The molecule has 1 saturated heterocycles. The molecule has 5 nitrogen and oxygen atoms in total. The lowest BCUT2D eigenvalue weighted by Crippen LogP contribution is -2.42. The highest BCUT2D eigenvalue weighted by Crippen LogP contribution is 2.29. The van der Waals surface area contributed by atoms with Gasteiger partial charge in [-0.3, -0.25) is 4.79 Å². The average molecular weight is 367 g/mol. The molecular weight excluding hydrogens is 346 g/mol. The summed E-state index contributed by atoms with van der Waals surface area (Å²) in [6.45, 7) is 5.70. The molecule has 0 spiro atoms. The summed E-state index contributed by atoms with van der Waals surface area (Å²) in [5.74, 6) is -0.129. The molecule has 0 aliphatic carbocycles. The Morgan fingerprint density at radius 3 is 2.50 bits per heavy atom. The molecule has 0 radical (unpaired) electrons. The van der Waals surface area contributed by atoms with Crippen LogP contribution in [0.1, 0.15) is 35.9 Å². The van der Waals surface area contributed by atoms with Gasteiger partial charge in [-0.2, -0.15) is 0 Å². The van der Waals surface area contributed by atoms with Crippen LogP contribution in [0.25, 0.3) is 0 Å². The van der Waals surface area contributed by atoms with Crippen molar-refractivity contribution in [3.8, 4) is 0 Å². The Labute approximate surface area is 132 Å². The van der Waals surface area contributed by atoms with Gasteiger partial charge in [0.15, 0.2) is 0 Å². The van der Waals surface area contributed by atoms with Crippen molar-refractivity contribution in [3.05, 3.63) is 20.9 Å². The molecule has 0 aromatic carbocycles. The normalized spacial score (nSPS) is 15.4. The smallest absolute Gasteiger partial charge is 0.269 e. The fourth-order valence-corrected chi connectivity index (χ4v) is 2.52. The number of aliphatic hydroxyl groups excluding tert-OH is 1. The Hall–Kier alpha value is -0.560. The number of nitrogens with one attached hydrogen (secondary N) is 3. The zero-order valence-electron chi connectivity index (χ0n) is 11.7. The summed E-state index contributed by atoms with van der Waals surface area (Å²) in [6.07, 6.45) is 1.93. The van der Waals surface area contributed by atoms with Crippen molar-refractivity contribution in [2.45, 2.75) is 32.7 Å². The molecule has 0 bridgehead atoms. The number of hydrogen-bond donors (Lipinski definition) is 4. The van der Waals surface area contributed by atoms with E-state index in [0.29, 0.717) is 10.7 Å². The van der Waals surface area contributed by atoms with E-state index >= 15 is 0 Å². The molecule has 0 saturated carbocycles. The first-order valence-electron chi connectivity index (χ1n) is 6.67. The summed E-state index contributed by atoms with van der Waals surface area (Å²) >= 11 is 9.42. The second-order valence-electron chi connectivity index (χ2n) is 4.57. The molecule has 0 unspecified atom stereocenters. The van der Waals surface area contributed by atoms with Crippen molar-refractivity contribution in [1.29, 1.82) is 0 Å². The maximum atomic E-state index is 12.0. The van der Waals surface area contributed by atoms with Crippen molar-refractivity contribution in [2.75, 3.05) is 19.7 Å². The molecule has 4 N–H and O–H groups in total. The summed E-state index contributed by atoms with van der Waals surface area (Å²) in [6, 6.07) is 0.238. The molecule has 7 heteroatoms. The second-order valence-corrected chi connectivity index (χ2v) is 5.74. The fourth-order valence-electron chi connectivity index (χ4n) is 1.95. The van der Waals surface area contributed by atoms with Gasteiger partial charge in [0.05, 0.1) is 9.50 Å². The molecule has 1 aliphatic rings. The first-order valence-corrected chi connectivity index (χ1v) is 7.84. The first kappa shape index (κ1) is 17.5. The maximum absolute atomic E-state index is 12.0. The van der Waals surface area contributed by atoms with E-state index in [1.165, 1.54) is 0 Å². The van der Waals surface area contributed by atoms with Gasteiger partial charge in [0, 0.05) is 18.3 Å². The highest BCUT2D eigenvalue weighted by molar-refractivity contribution is 9.10. The van der Waals surface area contributed by atoms with Crippen molar-refractivity contribution >= 4 is 33.4 Å². The molecule has 1 aromatic rings. The fraction of sp³-hybridized carbons (Fsp3) is 0.615. The molecule has 1 amide bonds. The summed E-state index contributed by atoms with van der Waals surface area (Å²) in [5, 5.41) is 14.3. The van der Waals surface area contributed by atoms with E-state index in [2.05, 4.69) is 31.5 Å². The number of rotatable bonds is 2. The van der Waals surface area contributed by atoms with Crippen molar-refractivity contribution in [1.82, 2.24) is 15.6 Å². The maximum Gasteiger partial charge on any atom is 0.269 e. The predicted molar refractivity (Wildman–Crippen MR) is 84.4 cm³/mol. The quantitative estimate of drug-likeness (QED) is 0.648. The second kappa shape index (κ2) is 8.67. The van der Waals surface area contributed by atoms with Gasteiger partial charge in [-0.15, -0.1) is 0 Å². The Morgan fingerprint density at radius 1 is 1.50 bits per heavy atom. The third-order valence-electron chi connectivity index (χ3n) is 2.96. The van der Waals surface area contributed by atoms with E-state index in [4.69, 9.17) is 16.7 Å². The van der Waals surface area contributed by atoms with Crippen molar-refractivity contribution in [2.24, 2.45) is 0 Å². The minimum atomic E-state index is -0.129. The SMILES string of the molecule is CCO.Cc1[nH]c(C(=O)NC2CCNCC2)c(Cl)c1Br. The summed E-state index contributed by atoms with van der Waals surface area (Å²) < 4.78 is 0.759. The number of halogens is 2. The number of aryl methyl sites for hydroxylation is 1. The average Bonchev–Trinajstić information content (AvgIpc) is 2.69. The lowest BCUT2D eigenvalue weighted by atomic mass is 10.1. The largest absolute Gasteiger partial charge is 0.397 e. The molecular formula is C13H21BrClN3O2. The number of carbonyl (C=O) groups excluding carboxylic acids is 1. The molecule has 1 aromatic heterocycles. The Kier molecular flexibility index (Phi) is 7.58. The van der Waals surface area contributed by atoms with Crippen LogP contribution in [0.2, 0.25) is 5.02 Å². The van der Waals surface area contributed by atoms with E-state index in [1.54, 1.807) is 6.92 Å². The van der Waals surface area contributed by atoms with Crippen LogP contribution in [0.5, 0.6) is 0 Å². The van der Waals surface area contributed by atoms with Crippen molar-refractivity contribution in [3.63, 3.8) is 0 Å². The van der Waals surface area contributed by atoms with E-state index in [-0.39, 0.29) is 18.6 Å². The number of hydrogen-bond acceptors (Lipinski definition) is 3. The summed E-state index contributed by atoms with van der Waals surface area (Å²) in [4.78, 5) is 15.0. The minimum Gasteiger partial charge on any atom is -0.397 e. The van der Waals surface area contributed by atoms with Gasteiger partial charge in [0.1, 0.15) is 5.69 Å². The summed E-state index contributed by atoms with van der Waals surface area (Å²) in [7, 11) is 0. The van der Waals surface area contributed by atoms with Crippen LogP contribution in [-0.2, 0) is 0 Å². The van der Waals surface area contributed by atoms with E-state index in [1.807, 2.05) is 6.92 Å².